The van der Waals surface area contributed by atoms with E-state index < -0.39 is 5.41 Å². The van der Waals surface area contributed by atoms with Gasteiger partial charge in [0.15, 0.2) is 0 Å². The molecule has 1 fully saturated rings. The van der Waals surface area contributed by atoms with Crippen LogP contribution in [-0.4, -0.2) is 44.0 Å². The molecule has 2 heterocycles. The third-order valence-electron chi connectivity index (χ3n) is 6.50. The summed E-state index contributed by atoms with van der Waals surface area (Å²) in [6, 6.07) is 9.63. The minimum Gasteiger partial charge on any atom is -0.493 e. The van der Waals surface area contributed by atoms with Crippen molar-refractivity contribution < 1.29 is 14.3 Å². The second-order valence-electron chi connectivity index (χ2n) is 8.44. The lowest BCUT2D eigenvalue weighted by molar-refractivity contribution is -0.145. The second-order valence-corrected chi connectivity index (χ2v) is 8.44. The summed E-state index contributed by atoms with van der Waals surface area (Å²) in [5.74, 6) is 0.492. The number of aryl methyl sites for hydroxylation is 1. The zero-order valence-electron chi connectivity index (χ0n) is 18.5. The first-order valence-electron chi connectivity index (χ1n) is 10.9. The maximum absolute atomic E-state index is 13.1. The van der Waals surface area contributed by atoms with Crippen molar-refractivity contribution >= 4 is 23.2 Å². The molecule has 0 saturated heterocycles. The number of hydrogen-bond donors (Lipinski definition) is 1. The lowest BCUT2D eigenvalue weighted by atomic mass is 9.67. The highest BCUT2D eigenvalue weighted by Crippen LogP contribution is 2.49. The SMILES string of the molecule is Cc1ncccc1CNCCCOc1ccc2c(c1)N(C)C(=O)C1(CCC1)C(=O)N2C. The minimum atomic E-state index is -0.887. The summed E-state index contributed by atoms with van der Waals surface area (Å²) in [5, 5.41) is 3.42. The zero-order chi connectivity index (χ0) is 22.0. The molecule has 1 saturated carbocycles. The molecule has 0 bridgehead atoms. The number of aromatic nitrogens is 1. The summed E-state index contributed by atoms with van der Waals surface area (Å²) in [5.41, 5.74) is 2.81. The van der Waals surface area contributed by atoms with Crippen molar-refractivity contribution in [2.24, 2.45) is 5.41 Å². The number of carbonyl (C=O) groups excluding carboxylic acids is 2. The van der Waals surface area contributed by atoms with Gasteiger partial charge >= 0.3 is 0 Å². The number of rotatable bonds is 7. The number of anilines is 2. The molecule has 4 rings (SSSR count). The average molecular weight is 423 g/mol. The number of nitrogens with zero attached hydrogens (tertiary/aromatic N) is 3. The summed E-state index contributed by atoms with van der Waals surface area (Å²) in [6.45, 7) is 4.19. The van der Waals surface area contributed by atoms with Crippen molar-refractivity contribution in [3.8, 4) is 5.75 Å². The first kappa shape index (κ1) is 21.3. The van der Waals surface area contributed by atoms with Gasteiger partial charge in [0, 0.05) is 38.6 Å². The molecule has 2 aromatic rings. The Balaban J connectivity index is 1.35. The van der Waals surface area contributed by atoms with Gasteiger partial charge in [0.1, 0.15) is 11.2 Å². The average Bonchev–Trinajstić information content (AvgIpc) is 2.80. The summed E-state index contributed by atoms with van der Waals surface area (Å²) < 4.78 is 5.93. The summed E-state index contributed by atoms with van der Waals surface area (Å²) in [4.78, 5) is 33.6. The van der Waals surface area contributed by atoms with Crippen LogP contribution >= 0.6 is 0 Å². The van der Waals surface area contributed by atoms with Crippen molar-refractivity contribution in [2.45, 2.75) is 39.2 Å². The van der Waals surface area contributed by atoms with Crippen molar-refractivity contribution in [3.63, 3.8) is 0 Å². The molecule has 1 aliphatic carbocycles. The van der Waals surface area contributed by atoms with Crippen LogP contribution in [0, 0.1) is 12.3 Å². The van der Waals surface area contributed by atoms with Crippen LogP contribution in [0.25, 0.3) is 0 Å². The smallest absolute Gasteiger partial charge is 0.242 e. The molecule has 7 heteroatoms. The number of carbonyl (C=O) groups is 2. The number of benzene rings is 1. The Hall–Kier alpha value is -2.93. The van der Waals surface area contributed by atoms with E-state index in [-0.39, 0.29) is 11.8 Å². The molecule has 1 aromatic heterocycles. The standard InChI is InChI=1S/C24H30N4O3/c1-17-18(7-4-13-26-17)16-25-12-6-14-31-19-8-9-20-21(15-19)28(3)23(30)24(10-5-11-24)22(29)27(20)2/h4,7-9,13,15,25H,5-6,10-12,14,16H2,1-3H3. The van der Waals surface area contributed by atoms with Crippen LogP contribution in [-0.2, 0) is 16.1 Å². The second kappa shape index (κ2) is 8.67. The molecule has 164 valence electrons. The highest BCUT2D eigenvalue weighted by molar-refractivity contribution is 6.20. The predicted molar refractivity (Wildman–Crippen MR) is 120 cm³/mol. The van der Waals surface area contributed by atoms with Crippen LogP contribution in [0.2, 0.25) is 0 Å². The van der Waals surface area contributed by atoms with Crippen molar-refractivity contribution in [1.82, 2.24) is 10.3 Å². The molecule has 1 aliphatic heterocycles. The highest BCUT2D eigenvalue weighted by Gasteiger charge is 2.55. The molecule has 0 unspecified atom stereocenters. The third-order valence-corrected chi connectivity index (χ3v) is 6.50. The number of ether oxygens (including phenoxy) is 1. The fraction of sp³-hybridized carbons (Fsp3) is 0.458. The molecule has 1 aromatic carbocycles. The Morgan fingerprint density at radius 2 is 1.84 bits per heavy atom. The molecule has 2 amide bonds. The van der Waals surface area contributed by atoms with E-state index in [9.17, 15) is 9.59 Å². The molecule has 0 atom stereocenters. The minimum absolute atomic E-state index is 0.0991. The number of amides is 2. The van der Waals surface area contributed by atoms with Crippen LogP contribution in [0.1, 0.15) is 36.9 Å². The van der Waals surface area contributed by atoms with Gasteiger partial charge < -0.3 is 19.9 Å². The molecular weight excluding hydrogens is 392 g/mol. The van der Waals surface area contributed by atoms with E-state index in [1.165, 1.54) is 5.56 Å². The molecule has 1 spiro atoms. The van der Waals surface area contributed by atoms with Crippen LogP contribution in [0.15, 0.2) is 36.5 Å². The van der Waals surface area contributed by atoms with E-state index in [0.717, 1.165) is 37.3 Å². The van der Waals surface area contributed by atoms with Crippen LogP contribution in [0.5, 0.6) is 5.75 Å². The van der Waals surface area contributed by atoms with E-state index in [0.29, 0.717) is 30.9 Å². The number of pyridine rings is 1. The van der Waals surface area contributed by atoms with Gasteiger partial charge in [-0.2, -0.15) is 0 Å². The van der Waals surface area contributed by atoms with Gasteiger partial charge in [0.05, 0.1) is 18.0 Å². The molecule has 7 nitrogen and oxygen atoms in total. The number of hydrogen-bond acceptors (Lipinski definition) is 5. The van der Waals surface area contributed by atoms with Gasteiger partial charge in [0.25, 0.3) is 0 Å². The van der Waals surface area contributed by atoms with Gasteiger partial charge in [-0.3, -0.25) is 14.6 Å². The third kappa shape index (κ3) is 3.90. The quantitative estimate of drug-likeness (QED) is 0.548. The normalized spacial score (nSPS) is 17.4. The molecular formula is C24H30N4O3. The maximum atomic E-state index is 13.1. The van der Waals surface area contributed by atoms with Gasteiger partial charge in [-0.15, -0.1) is 0 Å². The Labute approximate surface area is 183 Å². The summed E-state index contributed by atoms with van der Waals surface area (Å²) in [6.07, 6.45) is 4.83. The molecule has 2 aliphatic rings. The highest BCUT2D eigenvalue weighted by atomic mass is 16.5. The van der Waals surface area contributed by atoms with Crippen molar-refractivity contribution in [2.75, 3.05) is 37.0 Å². The van der Waals surface area contributed by atoms with Crippen molar-refractivity contribution in [3.05, 3.63) is 47.8 Å². The Kier molecular flexibility index (Phi) is 5.96. The number of nitrogens with one attached hydrogen (secondary N) is 1. The first-order valence-corrected chi connectivity index (χ1v) is 10.9. The Morgan fingerprint density at radius 1 is 1.10 bits per heavy atom. The lowest BCUT2D eigenvalue weighted by Crippen LogP contribution is -2.54. The topological polar surface area (TPSA) is 74.8 Å². The molecule has 31 heavy (non-hydrogen) atoms. The first-order chi connectivity index (χ1) is 14.9. The van der Waals surface area contributed by atoms with Crippen LogP contribution in [0.4, 0.5) is 11.4 Å². The van der Waals surface area contributed by atoms with Gasteiger partial charge in [-0.05, 0) is 56.5 Å². The summed E-state index contributed by atoms with van der Waals surface area (Å²) >= 11 is 0. The fourth-order valence-electron chi connectivity index (χ4n) is 4.37. The van der Waals surface area contributed by atoms with E-state index in [4.69, 9.17) is 4.74 Å². The molecule has 1 N–H and O–H groups in total. The van der Waals surface area contributed by atoms with Gasteiger partial charge in [0.2, 0.25) is 11.8 Å². The largest absolute Gasteiger partial charge is 0.493 e. The lowest BCUT2D eigenvalue weighted by Gasteiger charge is -2.40. The van der Waals surface area contributed by atoms with Crippen molar-refractivity contribution in [1.29, 1.82) is 0 Å². The maximum Gasteiger partial charge on any atom is 0.242 e. The van der Waals surface area contributed by atoms with E-state index >= 15 is 0 Å². The zero-order valence-corrected chi connectivity index (χ0v) is 18.5. The van der Waals surface area contributed by atoms with Gasteiger partial charge in [-0.1, -0.05) is 12.5 Å². The molecule has 0 radical (unpaired) electrons. The van der Waals surface area contributed by atoms with Crippen LogP contribution < -0.4 is 19.9 Å². The Bertz CT molecular complexity index is 987. The van der Waals surface area contributed by atoms with Gasteiger partial charge in [-0.25, -0.2) is 0 Å². The summed E-state index contributed by atoms with van der Waals surface area (Å²) in [7, 11) is 3.51. The van der Waals surface area contributed by atoms with E-state index in [1.807, 2.05) is 31.2 Å². The Morgan fingerprint density at radius 3 is 2.52 bits per heavy atom. The van der Waals surface area contributed by atoms with Crippen LogP contribution in [0.3, 0.4) is 0 Å². The number of fused-ring (bicyclic) bond motifs is 1. The fourth-order valence-corrected chi connectivity index (χ4v) is 4.37. The van der Waals surface area contributed by atoms with E-state index in [1.54, 1.807) is 30.1 Å². The predicted octanol–water partition coefficient (Wildman–Crippen LogP) is 3.06. The monoisotopic (exact) mass is 422 g/mol. The van der Waals surface area contributed by atoms with E-state index in [2.05, 4.69) is 16.4 Å².